The van der Waals surface area contributed by atoms with Gasteiger partial charge in [-0.05, 0) is 54.9 Å². The Morgan fingerprint density at radius 2 is 1.77 bits per heavy atom. The molecule has 2 aliphatic carbocycles. The molecule has 3 unspecified atom stereocenters. The van der Waals surface area contributed by atoms with Gasteiger partial charge in [-0.3, -0.25) is 9.59 Å². The quantitative estimate of drug-likeness (QED) is 0.458. The fourth-order valence-electron chi connectivity index (χ4n) is 5.26. The van der Waals surface area contributed by atoms with E-state index in [2.05, 4.69) is 29.3 Å². The van der Waals surface area contributed by atoms with Crippen LogP contribution in [0.4, 0.5) is 4.79 Å². The summed E-state index contributed by atoms with van der Waals surface area (Å²) in [5.74, 6) is -1.41. The first-order chi connectivity index (χ1) is 16.8. The van der Waals surface area contributed by atoms with Gasteiger partial charge in [0.2, 0.25) is 5.91 Å². The van der Waals surface area contributed by atoms with Crippen molar-refractivity contribution in [2.75, 3.05) is 6.61 Å². The van der Waals surface area contributed by atoms with Crippen LogP contribution >= 0.6 is 0 Å². The summed E-state index contributed by atoms with van der Waals surface area (Å²) >= 11 is 0. The van der Waals surface area contributed by atoms with Crippen molar-refractivity contribution in [3.05, 3.63) is 72.3 Å². The van der Waals surface area contributed by atoms with Crippen LogP contribution in [0.3, 0.4) is 0 Å². The zero-order valence-electron chi connectivity index (χ0n) is 20.0. The Hall–Kier alpha value is -3.61. The zero-order valence-corrected chi connectivity index (χ0v) is 20.0. The van der Waals surface area contributed by atoms with E-state index in [0.717, 1.165) is 28.7 Å². The molecule has 0 spiro atoms. The predicted molar refractivity (Wildman–Crippen MR) is 133 cm³/mol. The standard InChI is InChI=1S/C28H32N2O5/c1-3-4-14-23(25(31)30-24-15-9-16-28(24,2)26(32)33)29-27(34)35-17-22-20-12-7-5-10-18(20)19-11-6-8-13-21(19)22/h3,5-8,10-13,22-24H,1,4,9,14-17H2,2H3,(H,29,34)(H,30,31)(H,32,33). The number of nitrogens with one attached hydrogen (secondary N) is 2. The third-order valence-corrected chi connectivity index (χ3v) is 7.37. The van der Waals surface area contributed by atoms with Crippen molar-refractivity contribution < 1.29 is 24.2 Å². The van der Waals surface area contributed by atoms with Gasteiger partial charge in [-0.2, -0.15) is 0 Å². The number of fused-ring (bicyclic) bond motifs is 3. The molecule has 2 amide bonds. The Kier molecular flexibility index (Phi) is 7.24. The van der Waals surface area contributed by atoms with Crippen LogP contribution < -0.4 is 10.6 Å². The second-order valence-electron chi connectivity index (χ2n) is 9.56. The van der Waals surface area contributed by atoms with Crippen LogP contribution in [0.5, 0.6) is 0 Å². The summed E-state index contributed by atoms with van der Waals surface area (Å²) in [4.78, 5) is 37.5. The lowest BCUT2D eigenvalue weighted by Gasteiger charge is -2.29. The van der Waals surface area contributed by atoms with Crippen molar-refractivity contribution in [3.63, 3.8) is 0 Å². The highest BCUT2D eigenvalue weighted by Crippen LogP contribution is 2.44. The van der Waals surface area contributed by atoms with Gasteiger partial charge in [0.1, 0.15) is 12.6 Å². The molecule has 2 aliphatic rings. The highest BCUT2D eigenvalue weighted by atomic mass is 16.5. The fraction of sp³-hybridized carbons (Fsp3) is 0.393. The maximum absolute atomic E-state index is 13.0. The number of ether oxygens (including phenoxy) is 1. The van der Waals surface area contributed by atoms with Crippen LogP contribution in [0.1, 0.15) is 56.1 Å². The number of benzene rings is 2. The lowest BCUT2D eigenvalue weighted by Crippen LogP contribution is -2.54. The molecule has 0 bridgehead atoms. The number of carboxylic acids is 1. The summed E-state index contributed by atoms with van der Waals surface area (Å²) in [5.41, 5.74) is 3.48. The van der Waals surface area contributed by atoms with Crippen LogP contribution in [0, 0.1) is 5.41 Å². The summed E-state index contributed by atoms with van der Waals surface area (Å²) in [6.45, 7) is 5.50. The number of allylic oxidation sites excluding steroid dienone is 1. The lowest BCUT2D eigenvalue weighted by molar-refractivity contribution is -0.149. The van der Waals surface area contributed by atoms with E-state index in [1.165, 1.54) is 0 Å². The van der Waals surface area contributed by atoms with Crippen molar-refractivity contribution in [3.8, 4) is 11.1 Å². The van der Waals surface area contributed by atoms with Gasteiger partial charge in [-0.15, -0.1) is 6.58 Å². The number of aliphatic carboxylic acids is 1. The molecular weight excluding hydrogens is 444 g/mol. The van der Waals surface area contributed by atoms with E-state index in [0.29, 0.717) is 25.7 Å². The number of carbonyl (C=O) groups excluding carboxylic acids is 2. The fourth-order valence-corrected chi connectivity index (χ4v) is 5.26. The van der Waals surface area contributed by atoms with Crippen molar-refractivity contribution in [2.24, 2.45) is 5.41 Å². The Balaban J connectivity index is 1.41. The first kappa shape index (κ1) is 24.5. The molecule has 35 heavy (non-hydrogen) atoms. The maximum Gasteiger partial charge on any atom is 0.407 e. The molecule has 0 aromatic heterocycles. The predicted octanol–water partition coefficient (Wildman–Crippen LogP) is 4.62. The molecule has 3 N–H and O–H groups in total. The number of carbonyl (C=O) groups is 3. The molecule has 184 valence electrons. The number of amides is 2. The average Bonchev–Trinajstić information content (AvgIpc) is 3.39. The Bertz CT molecular complexity index is 1080. The molecule has 2 aromatic carbocycles. The van der Waals surface area contributed by atoms with Gasteiger partial charge < -0.3 is 20.5 Å². The smallest absolute Gasteiger partial charge is 0.407 e. The molecule has 4 rings (SSSR count). The van der Waals surface area contributed by atoms with Gasteiger partial charge in [0, 0.05) is 12.0 Å². The topological polar surface area (TPSA) is 105 Å². The Morgan fingerprint density at radius 1 is 1.14 bits per heavy atom. The minimum Gasteiger partial charge on any atom is -0.481 e. The first-order valence-corrected chi connectivity index (χ1v) is 12.1. The van der Waals surface area contributed by atoms with Crippen molar-refractivity contribution in [1.82, 2.24) is 10.6 Å². The van der Waals surface area contributed by atoms with Crippen molar-refractivity contribution in [2.45, 2.75) is 57.0 Å². The van der Waals surface area contributed by atoms with E-state index in [4.69, 9.17) is 4.74 Å². The van der Waals surface area contributed by atoms with Crippen LogP contribution in [0.15, 0.2) is 61.2 Å². The van der Waals surface area contributed by atoms with Crippen LogP contribution in [-0.2, 0) is 14.3 Å². The number of carboxylic acid groups (broad SMARTS) is 1. The van der Waals surface area contributed by atoms with E-state index in [-0.39, 0.29) is 12.5 Å². The molecule has 1 saturated carbocycles. The minimum atomic E-state index is -1.01. The zero-order chi connectivity index (χ0) is 25.0. The number of rotatable bonds is 9. The molecule has 2 aromatic rings. The van der Waals surface area contributed by atoms with Gasteiger partial charge in [-0.25, -0.2) is 4.79 Å². The molecule has 0 aliphatic heterocycles. The Labute approximate surface area is 205 Å². The number of hydrogen-bond acceptors (Lipinski definition) is 4. The van der Waals surface area contributed by atoms with Gasteiger partial charge in [0.25, 0.3) is 0 Å². The number of alkyl carbamates (subject to hydrolysis) is 1. The van der Waals surface area contributed by atoms with Crippen LogP contribution in [0.2, 0.25) is 0 Å². The number of hydrogen-bond donors (Lipinski definition) is 3. The van der Waals surface area contributed by atoms with E-state index < -0.39 is 35.5 Å². The summed E-state index contributed by atoms with van der Waals surface area (Å²) in [5, 5.41) is 15.2. The van der Waals surface area contributed by atoms with E-state index in [1.54, 1.807) is 13.0 Å². The van der Waals surface area contributed by atoms with E-state index in [1.807, 2.05) is 36.4 Å². The summed E-state index contributed by atoms with van der Waals surface area (Å²) in [6.07, 6.45) is 3.68. The molecule has 3 atom stereocenters. The summed E-state index contributed by atoms with van der Waals surface area (Å²) in [6, 6.07) is 14.8. The summed E-state index contributed by atoms with van der Waals surface area (Å²) < 4.78 is 5.60. The molecule has 0 heterocycles. The van der Waals surface area contributed by atoms with E-state index >= 15 is 0 Å². The van der Waals surface area contributed by atoms with Crippen molar-refractivity contribution >= 4 is 18.0 Å². The normalized spacial score (nSPS) is 21.5. The molecule has 0 radical (unpaired) electrons. The third kappa shape index (κ3) is 4.94. The SMILES string of the molecule is C=CCCC(NC(=O)OCC1c2ccccc2-c2ccccc21)C(=O)NC1CCCC1(C)C(=O)O. The second kappa shape index (κ2) is 10.3. The Morgan fingerprint density at radius 3 is 2.37 bits per heavy atom. The lowest BCUT2D eigenvalue weighted by atomic mass is 9.84. The molecule has 7 nitrogen and oxygen atoms in total. The first-order valence-electron chi connectivity index (χ1n) is 12.1. The molecular formula is C28H32N2O5. The molecule has 7 heteroatoms. The van der Waals surface area contributed by atoms with E-state index in [9.17, 15) is 19.5 Å². The summed E-state index contributed by atoms with van der Waals surface area (Å²) in [7, 11) is 0. The van der Waals surface area contributed by atoms with Gasteiger partial charge >= 0.3 is 12.1 Å². The maximum atomic E-state index is 13.0. The van der Waals surface area contributed by atoms with Gasteiger partial charge in [-0.1, -0.05) is 61.0 Å². The average molecular weight is 477 g/mol. The highest BCUT2D eigenvalue weighted by Gasteiger charge is 2.46. The molecule has 0 saturated heterocycles. The van der Waals surface area contributed by atoms with Crippen LogP contribution in [-0.4, -0.2) is 41.8 Å². The van der Waals surface area contributed by atoms with Gasteiger partial charge in [0.15, 0.2) is 0 Å². The van der Waals surface area contributed by atoms with Crippen LogP contribution in [0.25, 0.3) is 11.1 Å². The van der Waals surface area contributed by atoms with Gasteiger partial charge in [0.05, 0.1) is 5.41 Å². The minimum absolute atomic E-state index is 0.0802. The monoisotopic (exact) mass is 476 g/mol. The second-order valence-corrected chi connectivity index (χ2v) is 9.56. The van der Waals surface area contributed by atoms with Crippen molar-refractivity contribution in [1.29, 1.82) is 0 Å². The third-order valence-electron chi connectivity index (χ3n) is 7.37. The highest BCUT2D eigenvalue weighted by molar-refractivity contribution is 5.87. The largest absolute Gasteiger partial charge is 0.481 e. The molecule has 1 fully saturated rings.